The Balaban J connectivity index is 2.60. The monoisotopic (exact) mass is 343 g/mol. The van der Waals surface area contributed by atoms with Crippen molar-refractivity contribution in [2.45, 2.75) is 51.7 Å². The molecule has 0 aliphatic carbocycles. The Labute approximate surface area is 143 Å². The Bertz CT molecular complexity index is 461. The molecule has 1 rings (SSSR count). The van der Waals surface area contributed by atoms with Crippen LogP contribution in [-0.2, 0) is 19.1 Å². The number of ether oxygens (including phenoxy) is 2. The maximum absolute atomic E-state index is 12.4. The van der Waals surface area contributed by atoms with E-state index in [9.17, 15) is 14.4 Å². The first kappa shape index (κ1) is 20.2. The van der Waals surface area contributed by atoms with Gasteiger partial charge in [-0.1, -0.05) is 0 Å². The van der Waals surface area contributed by atoms with Crippen LogP contribution in [0.3, 0.4) is 0 Å². The Morgan fingerprint density at radius 3 is 2.54 bits per heavy atom. The van der Waals surface area contributed by atoms with E-state index < -0.39 is 23.6 Å². The maximum Gasteiger partial charge on any atom is 0.410 e. The van der Waals surface area contributed by atoms with Crippen LogP contribution in [0.2, 0.25) is 0 Å². The van der Waals surface area contributed by atoms with Crippen molar-refractivity contribution >= 4 is 17.9 Å². The van der Waals surface area contributed by atoms with Crippen molar-refractivity contribution in [1.29, 1.82) is 0 Å². The average molecular weight is 343 g/mol. The van der Waals surface area contributed by atoms with E-state index in [1.807, 2.05) is 0 Å². The number of carbonyl (C=O) groups excluding carboxylic acids is 3. The largest absolute Gasteiger partial charge is 0.444 e. The number of nitrogens with two attached hydrogens (primary N) is 1. The Hall–Kier alpha value is -1.83. The predicted octanol–water partition coefficient (Wildman–Crippen LogP) is 0.640. The molecule has 0 saturated carbocycles. The number of rotatable bonds is 6. The maximum atomic E-state index is 12.4. The zero-order chi connectivity index (χ0) is 18.3. The van der Waals surface area contributed by atoms with Gasteiger partial charge < -0.3 is 25.4 Å². The molecular weight excluding hydrogens is 314 g/mol. The van der Waals surface area contributed by atoms with Crippen LogP contribution in [0.1, 0.15) is 40.0 Å². The van der Waals surface area contributed by atoms with E-state index in [4.69, 9.17) is 15.2 Å². The second-order valence-corrected chi connectivity index (χ2v) is 7.01. The van der Waals surface area contributed by atoms with E-state index in [0.717, 1.165) is 0 Å². The average Bonchev–Trinajstić information content (AvgIpc) is 2.49. The first-order valence-electron chi connectivity index (χ1n) is 8.20. The molecular formula is C16H29N3O5. The molecule has 8 nitrogen and oxygen atoms in total. The van der Waals surface area contributed by atoms with Gasteiger partial charge in [0.2, 0.25) is 11.8 Å². The highest BCUT2D eigenvalue weighted by molar-refractivity contribution is 5.87. The van der Waals surface area contributed by atoms with E-state index in [0.29, 0.717) is 32.4 Å². The number of methoxy groups -OCH3 is 1. The Morgan fingerprint density at radius 1 is 1.33 bits per heavy atom. The molecule has 0 aromatic carbocycles. The first-order valence-corrected chi connectivity index (χ1v) is 8.20. The fourth-order valence-corrected chi connectivity index (χ4v) is 2.49. The molecule has 3 N–H and O–H groups in total. The fourth-order valence-electron chi connectivity index (χ4n) is 2.49. The molecule has 3 amide bonds. The molecule has 0 unspecified atom stereocenters. The summed E-state index contributed by atoms with van der Waals surface area (Å²) in [5.74, 6) is -1.25. The molecule has 1 heterocycles. The van der Waals surface area contributed by atoms with Gasteiger partial charge in [0, 0.05) is 26.8 Å². The summed E-state index contributed by atoms with van der Waals surface area (Å²) < 4.78 is 10.3. The Morgan fingerprint density at radius 2 is 2.00 bits per heavy atom. The number of hydrogen-bond donors (Lipinski definition) is 2. The zero-order valence-corrected chi connectivity index (χ0v) is 15.0. The van der Waals surface area contributed by atoms with Crippen molar-refractivity contribution in [1.82, 2.24) is 10.2 Å². The van der Waals surface area contributed by atoms with Crippen LogP contribution in [0.5, 0.6) is 0 Å². The van der Waals surface area contributed by atoms with Gasteiger partial charge in [0.05, 0.1) is 5.92 Å². The summed E-state index contributed by atoms with van der Waals surface area (Å²) in [5.41, 5.74) is 4.73. The Kier molecular flexibility index (Phi) is 7.47. The minimum Gasteiger partial charge on any atom is -0.444 e. The van der Waals surface area contributed by atoms with Crippen LogP contribution in [0.4, 0.5) is 4.79 Å². The number of carbonyl (C=O) groups is 3. The summed E-state index contributed by atoms with van der Waals surface area (Å²) in [4.78, 5) is 37.5. The minimum absolute atomic E-state index is 0.274. The highest BCUT2D eigenvalue weighted by Gasteiger charge is 2.32. The van der Waals surface area contributed by atoms with Crippen LogP contribution < -0.4 is 11.1 Å². The van der Waals surface area contributed by atoms with Crippen LogP contribution in [0.15, 0.2) is 0 Å². The van der Waals surface area contributed by atoms with E-state index in [-0.39, 0.29) is 18.4 Å². The number of likely N-dealkylation sites (tertiary alicyclic amines) is 1. The third-order valence-corrected chi connectivity index (χ3v) is 3.71. The van der Waals surface area contributed by atoms with E-state index in [2.05, 4.69) is 5.32 Å². The summed E-state index contributed by atoms with van der Waals surface area (Å²) in [6.45, 7) is 6.55. The van der Waals surface area contributed by atoms with Gasteiger partial charge in [-0.25, -0.2) is 4.79 Å². The van der Waals surface area contributed by atoms with Gasteiger partial charge in [0.1, 0.15) is 11.6 Å². The molecule has 0 bridgehead atoms. The summed E-state index contributed by atoms with van der Waals surface area (Å²) in [5, 5.41) is 2.66. The topological polar surface area (TPSA) is 111 Å². The molecule has 1 fully saturated rings. The normalized spacial score (nSPS) is 19.5. The van der Waals surface area contributed by atoms with Crippen molar-refractivity contribution in [3.8, 4) is 0 Å². The lowest BCUT2D eigenvalue weighted by Crippen LogP contribution is -2.51. The van der Waals surface area contributed by atoms with Gasteiger partial charge in [0.15, 0.2) is 0 Å². The molecule has 0 aromatic heterocycles. The lowest BCUT2D eigenvalue weighted by Gasteiger charge is -2.34. The van der Waals surface area contributed by atoms with Gasteiger partial charge in [-0.3, -0.25) is 9.59 Å². The van der Waals surface area contributed by atoms with Gasteiger partial charge in [-0.15, -0.1) is 0 Å². The van der Waals surface area contributed by atoms with Crippen molar-refractivity contribution in [3.05, 3.63) is 0 Å². The van der Waals surface area contributed by atoms with Crippen LogP contribution in [0.25, 0.3) is 0 Å². The molecule has 138 valence electrons. The second kappa shape index (κ2) is 8.86. The number of nitrogens with zero attached hydrogens (tertiary/aromatic N) is 1. The second-order valence-electron chi connectivity index (χ2n) is 7.01. The summed E-state index contributed by atoms with van der Waals surface area (Å²) in [7, 11) is 1.51. The number of piperidine rings is 1. The smallest absolute Gasteiger partial charge is 0.410 e. The standard InChI is InChI=1S/C16H29N3O5/c1-16(2,3)24-15(22)19-8-5-6-11(10-19)14(21)18-12(13(17)20)7-9-23-4/h11-12H,5-10H2,1-4H3,(H2,17,20)(H,18,21)/t11-,12+/m1/s1. The highest BCUT2D eigenvalue weighted by Crippen LogP contribution is 2.19. The van der Waals surface area contributed by atoms with Gasteiger partial charge in [0.25, 0.3) is 0 Å². The minimum atomic E-state index is -0.769. The number of nitrogens with one attached hydrogen (secondary N) is 1. The molecule has 8 heteroatoms. The van der Waals surface area contributed by atoms with Crippen LogP contribution in [-0.4, -0.2) is 61.3 Å². The third kappa shape index (κ3) is 6.74. The number of primary amides is 1. The van der Waals surface area contributed by atoms with Crippen molar-refractivity contribution in [2.75, 3.05) is 26.8 Å². The summed E-state index contributed by atoms with van der Waals surface area (Å²) in [6.07, 6.45) is 1.25. The predicted molar refractivity (Wildman–Crippen MR) is 88.1 cm³/mol. The van der Waals surface area contributed by atoms with E-state index in [1.165, 1.54) is 12.0 Å². The van der Waals surface area contributed by atoms with Gasteiger partial charge in [-0.05, 0) is 40.0 Å². The molecule has 24 heavy (non-hydrogen) atoms. The SMILES string of the molecule is COCC[C@H](NC(=O)[C@@H]1CCCN(C(=O)OC(C)(C)C)C1)C(N)=O. The summed E-state index contributed by atoms with van der Waals surface area (Å²) >= 11 is 0. The van der Waals surface area contributed by atoms with Crippen molar-refractivity contribution < 1.29 is 23.9 Å². The molecule has 0 aromatic rings. The molecule has 0 spiro atoms. The van der Waals surface area contributed by atoms with Crippen molar-refractivity contribution in [2.24, 2.45) is 11.7 Å². The third-order valence-electron chi connectivity index (χ3n) is 3.71. The molecule has 2 atom stereocenters. The molecule has 1 aliphatic rings. The van der Waals surface area contributed by atoms with Crippen molar-refractivity contribution in [3.63, 3.8) is 0 Å². The number of amides is 3. The molecule has 0 radical (unpaired) electrons. The summed E-state index contributed by atoms with van der Waals surface area (Å²) in [6, 6.07) is -0.769. The fraction of sp³-hybridized carbons (Fsp3) is 0.812. The van der Waals surface area contributed by atoms with E-state index >= 15 is 0 Å². The zero-order valence-electron chi connectivity index (χ0n) is 15.0. The van der Waals surface area contributed by atoms with E-state index in [1.54, 1.807) is 20.8 Å². The quantitative estimate of drug-likeness (QED) is 0.735. The molecule has 1 saturated heterocycles. The van der Waals surface area contributed by atoms with Gasteiger partial charge in [-0.2, -0.15) is 0 Å². The van der Waals surface area contributed by atoms with Crippen LogP contribution in [0, 0.1) is 5.92 Å². The van der Waals surface area contributed by atoms with Gasteiger partial charge >= 0.3 is 6.09 Å². The number of hydrogen-bond acceptors (Lipinski definition) is 5. The first-order chi connectivity index (χ1) is 11.1. The van der Waals surface area contributed by atoms with Crippen LogP contribution >= 0.6 is 0 Å². The lowest BCUT2D eigenvalue weighted by molar-refractivity contribution is -0.131. The molecule has 1 aliphatic heterocycles. The highest BCUT2D eigenvalue weighted by atomic mass is 16.6. The lowest BCUT2D eigenvalue weighted by atomic mass is 9.97.